The van der Waals surface area contributed by atoms with Crippen LogP contribution in [0.25, 0.3) is 11.1 Å². The van der Waals surface area contributed by atoms with E-state index in [2.05, 4.69) is 10.4 Å². The molecule has 26 heavy (non-hydrogen) atoms. The van der Waals surface area contributed by atoms with E-state index in [0.29, 0.717) is 33.2 Å². The molecule has 0 aliphatic carbocycles. The smallest absolute Gasteiger partial charge is 0.151 e. The highest BCUT2D eigenvalue weighted by Gasteiger charge is 2.20. The zero-order valence-corrected chi connectivity index (χ0v) is 15.3. The number of benzene rings is 2. The Hall–Kier alpha value is -2.62. The predicted molar refractivity (Wildman–Crippen MR) is 97.8 cm³/mol. The fourth-order valence-corrected chi connectivity index (χ4v) is 3.21. The predicted octanol–water partition coefficient (Wildman–Crippen LogP) is 5.60. The average Bonchev–Trinajstić information content (AvgIpc) is 2.84. The number of nitriles is 1. The number of aromatic nitrogens is 2. The van der Waals surface area contributed by atoms with Crippen LogP contribution in [-0.2, 0) is 7.05 Å². The number of aryl methyl sites for hydroxylation is 2. The maximum Gasteiger partial charge on any atom is 0.151 e. The summed E-state index contributed by atoms with van der Waals surface area (Å²) in [5, 5.41) is 16.5. The molecule has 0 spiro atoms. The summed E-state index contributed by atoms with van der Waals surface area (Å²) in [6.45, 7) is 1.78. The average molecular weight is 393 g/mol. The summed E-state index contributed by atoms with van der Waals surface area (Å²) < 4.78 is 29.0. The van der Waals surface area contributed by atoms with Gasteiger partial charge in [-0.05, 0) is 25.1 Å². The second-order valence-corrected chi connectivity index (χ2v) is 6.42. The van der Waals surface area contributed by atoms with Crippen LogP contribution in [0.3, 0.4) is 0 Å². The van der Waals surface area contributed by atoms with Crippen molar-refractivity contribution in [1.29, 1.82) is 5.26 Å². The molecule has 0 atom stereocenters. The Kier molecular flexibility index (Phi) is 4.86. The van der Waals surface area contributed by atoms with Crippen molar-refractivity contribution in [2.45, 2.75) is 6.92 Å². The van der Waals surface area contributed by atoms with E-state index in [1.54, 1.807) is 32.2 Å². The molecule has 1 N–H and O–H groups in total. The van der Waals surface area contributed by atoms with Crippen LogP contribution in [0.15, 0.2) is 30.3 Å². The standard InChI is InChI=1S/C18H12Cl2F2N4/c1-9-16(12-4-3-10(8-23)5-13(12)19)18(26(2)25-9)24-17-14(20)6-11(21)7-15(17)22/h3-7,24H,1-2H3. The van der Waals surface area contributed by atoms with Crippen LogP contribution < -0.4 is 5.32 Å². The molecule has 3 rings (SSSR count). The first-order chi connectivity index (χ1) is 12.3. The van der Waals surface area contributed by atoms with E-state index in [-0.39, 0.29) is 10.7 Å². The van der Waals surface area contributed by atoms with Crippen LogP contribution >= 0.6 is 23.2 Å². The van der Waals surface area contributed by atoms with Gasteiger partial charge >= 0.3 is 0 Å². The number of rotatable bonds is 3. The third kappa shape index (κ3) is 3.24. The van der Waals surface area contributed by atoms with E-state index in [1.165, 1.54) is 4.68 Å². The summed E-state index contributed by atoms with van der Waals surface area (Å²) in [5.74, 6) is -1.16. The van der Waals surface area contributed by atoms with Gasteiger partial charge in [0.25, 0.3) is 0 Å². The van der Waals surface area contributed by atoms with E-state index in [0.717, 1.165) is 12.1 Å². The molecule has 0 aliphatic rings. The summed E-state index contributed by atoms with van der Waals surface area (Å²) in [5.41, 5.74) is 2.24. The molecule has 0 saturated carbocycles. The minimum Gasteiger partial charge on any atom is -0.336 e. The molecule has 3 aromatic rings. The van der Waals surface area contributed by atoms with Gasteiger partial charge in [-0.15, -0.1) is 0 Å². The van der Waals surface area contributed by atoms with Gasteiger partial charge in [0.2, 0.25) is 0 Å². The van der Waals surface area contributed by atoms with Gasteiger partial charge in [0.05, 0.1) is 28.0 Å². The molecule has 1 heterocycles. The minimum atomic E-state index is -0.828. The van der Waals surface area contributed by atoms with Crippen molar-refractivity contribution < 1.29 is 8.78 Å². The summed E-state index contributed by atoms with van der Waals surface area (Å²) in [7, 11) is 1.67. The lowest BCUT2D eigenvalue weighted by atomic mass is 10.0. The van der Waals surface area contributed by atoms with Crippen molar-refractivity contribution in [3.05, 3.63) is 63.3 Å². The molecule has 4 nitrogen and oxygen atoms in total. The third-order valence-corrected chi connectivity index (χ3v) is 4.45. The quantitative estimate of drug-likeness (QED) is 0.631. The fourth-order valence-electron chi connectivity index (χ4n) is 2.69. The Balaban J connectivity index is 2.15. The monoisotopic (exact) mass is 392 g/mol. The molecule has 0 amide bonds. The molecular formula is C18H12Cl2F2N4. The molecule has 8 heteroatoms. The zero-order valence-electron chi connectivity index (χ0n) is 13.7. The van der Waals surface area contributed by atoms with Crippen LogP contribution in [0.2, 0.25) is 10.0 Å². The molecule has 132 valence electrons. The summed E-state index contributed by atoms with van der Waals surface area (Å²) >= 11 is 12.3. The topological polar surface area (TPSA) is 53.6 Å². The van der Waals surface area contributed by atoms with Crippen molar-refractivity contribution in [3.63, 3.8) is 0 Å². The van der Waals surface area contributed by atoms with Gasteiger partial charge in [0.1, 0.15) is 11.6 Å². The Morgan fingerprint density at radius 2 is 1.88 bits per heavy atom. The fraction of sp³-hybridized carbons (Fsp3) is 0.111. The Morgan fingerprint density at radius 1 is 1.15 bits per heavy atom. The van der Waals surface area contributed by atoms with Gasteiger partial charge in [0, 0.05) is 29.3 Å². The highest BCUT2D eigenvalue weighted by atomic mass is 35.5. The van der Waals surface area contributed by atoms with Crippen LogP contribution in [0, 0.1) is 29.9 Å². The molecule has 0 aliphatic heterocycles. The number of hydrogen-bond acceptors (Lipinski definition) is 3. The van der Waals surface area contributed by atoms with Crippen LogP contribution in [-0.4, -0.2) is 9.78 Å². The minimum absolute atomic E-state index is 0.0675. The molecule has 1 aromatic heterocycles. The van der Waals surface area contributed by atoms with Gasteiger partial charge in [-0.25, -0.2) is 8.78 Å². The van der Waals surface area contributed by atoms with E-state index < -0.39 is 11.6 Å². The number of anilines is 2. The summed E-state index contributed by atoms with van der Waals surface area (Å²) in [6.07, 6.45) is 0. The molecule has 2 aromatic carbocycles. The van der Waals surface area contributed by atoms with Crippen molar-refractivity contribution in [2.24, 2.45) is 7.05 Å². The maximum atomic E-state index is 14.2. The summed E-state index contributed by atoms with van der Waals surface area (Å²) in [4.78, 5) is 0. The molecular weight excluding hydrogens is 381 g/mol. The van der Waals surface area contributed by atoms with Crippen LogP contribution in [0.4, 0.5) is 20.3 Å². The first-order valence-electron chi connectivity index (χ1n) is 7.47. The second-order valence-electron chi connectivity index (χ2n) is 5.61. The van der Waals surface area contributed by atoms with E-state index in [9.17, 15) is 8.78 Å². The first-order valence-corrected chi connectivity index (χ1v) is 8.22. The van der Waals surface area contributed by atoms with Crippen molar-refractivity contribution in [1.82, 2.24) is 9.78 Å². The second kappa shape index (κ2) is 6.94. The van der Waals surface area contributed by atoms with Gasteiger partial charge in [-0.1, -0.05) is 29.3 Å². The largest absolute Gasteiger partial charge is 0.336 e. The van der Waals surface area contributed by atoms with Crippen molar-refractivity contribution in [3.8, 4) is 17.2 Å². The molecule has 0 radical (unpaired) electrons. The number of hydrogen-bond donors (Lipinski definition) is 1. The summed E-state index contributed by atoms with van der Waals surface area (Å²) in [6, 6.07) is 8.64. The third-order valence-electron chi connectivity index (χ3n) is 3.84. The Morgan fingerprint density at radius 3 is 2.50 bits per heavy atom. The highest BCUT2D eigenvalue weighted by Crippen LogP contribution is 2.39. The molecule has 0 fully saturated rings. The number of nitrogens with zero attached hydrogens (tertiary/aromatic N) is 3. The van der Waals surface area contributed by atoms with Crippen molar-refractivity contribution >= 4 is 34.7 Å². The molecule has 0 saturated heterocycles. The van der Waals surface area contributed by atoms with E-state index >= 15 is 0 Å². The molecule has 0 unspecified atom stereocenters. The molecule has 0 bridgehead atoms. The van der Waals surface area contributed by atoms with Gasteiger partial charge in [-0.2, -0.15) is 10.4 Å². The SMILES string of the molecule is Cc1nn(C)c(Nc2c(F)cc(F)cc2Cl)c1-c1ccc(C#N)cc1Cl. The first kappa shape index (κ1) is 18.2. The van der Waals surface area contributed by atoms with Gasteiger partial charge in [0.15, 0.2) is 5.82 Å². The Bertz CT molecular complexity index is 1030. The van der Waals surface area contributed by atoms with E-state index in [1.807, 2.05) is 6.07 Å². The van der Waals surface area contributed by atoms with Gasteiger partial charge in [-0.3, -0.25) is 4.68 Å². The number of halogens is 4. The van der Waals surface area contributed by atoms with E-state index in [4.69, 9.17) is 28.5 Å². The van der Waals surface area contributed by atoms with Crippen LogP contribution in [0.1, 0.15) is 11.3 Å². The Labute approximate surface area is 158 Å². The highest BCUT2D eigenvalue weighted by molar-refractivity contribution is 6.34. The zero-order chi connectivity index (χ0) is 19.0. The van der Waals surface area contributed by atoms with Crippen molar-refractivity contribution in [2.75, 3.05) is 5.32 Å². The normalized spacial score (nSPS) is 10.7. The van der Waals surface area contributed by atoms with Gasteiger partial charge < -0.3 is 5.32 Å². The van der Waals surface area contributed by atoms with Crippen LogP contribution in [0.5, 0.6) is 0 Å². The lowest BCUT2D eigenvalue weighted by molar-refractivity contribution is 0.586. The number of nitrogens with one attached hydrogen (secondary N) is 1. The lowest BCUT2D eigenvalue weighted by Gasteiger charge is -2.13. The lowest BCUT2D eigenvalue weighted by Crippen LogP contribution is -2.03. The maximum absolute atomic E-state index is 14.2.